The number of sulfone groups is 1. The van der Waals surface area contributed by atoms with Crippen LogP contribution in [0.5, 0.6) is 0 Å². The van der Waals surface area contributed by atoms with Crippen LogP contribution in [-0.2, 0) is 9.84 Å². The molecule has 2 rings (SSSR count). The Bertz CT molecular complexity index is 587. The number of rotatable bonds is 6. The van der Waals surface area contributed by atoms with E-state index in [1.165, 1.54) is 0 Å². The van der Waals surface area contributed by atoms with E-state index < -0.39 is 9.84 Å². The van der Waals surface area contributed by atoms with Gasteiger partial charge in [0, 0.05) is 24.6 Å². The van der Waals surface area contributed by atoms with Crippen LogP contribution in [0.15, 0.2) is 6.07 Å². The summed E-state index contributed by atoms with van der Waals surface area (Å²) in [5.74, 6) is 2.92. The number of anilines is 2. The van der Waals surface area contributed by atoms with Crippen LogP contribution in [0.25, 0.3) is 0 Å². The second-order valence-corrected chi connectivity index (χ2v) is 8.05. The molecule has 0 radical (unpaired) electrons. The minimum Gasteiger partial charge on any atom is -0.370 e. The van der Waals surface area contributed by atoms with Gasteiger partial charge in [-0.15, -0.1) is 0 Å². The van der Waals surface area contributed by atoms with Gasteiger partial charge in [0.1, 0.15) is 17.5 Å². The standard InChI is InChI=1S/C14H24N4O2S/c1-4-6-15-12-8-13(18-14(17-12)10(2)3)16-11-5-7-21(19,20)9-11/h8,10-11H,4-7,9H2,1-3H3,(H2,15,16,17,18). The van der Waals surface area contributed by atoms with Crippen molar-refractivity contribution in [1.29, 1.82) is 0 Å². The fraction of sp³-hybridized carbons (Fsp3) is 0.714. The molecule has 0 saturated carbocycles. The predicted molar refractivity (Wildman–Crippen MR) is 85.6 cm³/mol. The molecule has 1 aliphatic rings. The first kappa shape index (κ1) is 16.0. The van der Waals surface area contributed by atoms with Crippen LogP contribution in [0.4, 0.5) is 11.6 Å². The summed E-state index contributed by atoms with van der Waals surface area (Å²) in [6, 6.07) is 1.80. The van der Waals surface area contributed by atoms with Crippen molar-refractivity contribution < 1.29 is 8.42 Å². The third-order valence-electron chi connectivity index (χ3n) is 3.40. The maximum Gasteiger partial charge on any atom is 0.152 e. The van der Waals surface area contributed by atoms with Crippen LogP contribution in [0, 0.1) is 0 Å². The highest BCUT2D eigenvalue weighted by atomic mass is 32.2. The lowest BCUT2D eigenvalue weighted by molar-refractivity contribution is 0.602. The highest BCUT2D eigenvalue weighted by molar-refractivity contribution is 7.91. The molecular formula is C14H24N4O2S. The fourth-order valence-electron chi connectivity index (χ4n) is 2.26. The number of nitrogens with one attached hydrogen (secondary N) is 2. The van der Waals surface area contributed by atoms with Gasteiger partial charge in [-0.2, -0.15) is 0 Å². The molecule has 1 aromatic heterocycles. The molecule has 2 heterocycles. The minimum atomic E-state index is -2.89. The molecule has 1 saturated heterocycles. The normalized spacial score (nSPS) is 20.7. The Morgan fingerprint density at radius 3 is 2.62 bits per heavy atom. The van der Waals surface area contributed by atoms with Crippen LogP contribution >= 0.6 is 0 Å². The highest BCUT2D eigenvalue weighted by Gasteiger charge is 2.28. The Hall–Kier alpha value is -1.37. The molecule has 1 fully saturated rings. The molecule has 1 unspecified atom stereocenters. The minimum absolute atomic E-state index is 0.0519. The number of hydrogen-bond acceptors (Lipinski definition) is 6. The van der Waals surface area contributed by atoms with E-state index in [-0.39, 0.29) is 23.5 Å². The smallest absolute Gasteiger partial charge is 0.152 e. The van der Waals surface area contributed by atoms with Gasteiger partial charge >= 0.3 is 0 Å². The van der Waals surface area contributed by atoms with Crippen molar-refractivity contribution in [3.8, 4) is 0 Å². The van der Waals surface area contributed by atoms with Gasteiger partial charge < -0.3 is 10.6 Å². The zero-order valence-corrected chi connectivity index (χ0v) is 13.7. The molecule has 0 aromatic carbocycles. The first-order chi connectivity index (χ1) is 9.89. The van der Waals surface area contributed by atoms with E-state index in [1.54, 1.807) is 0 Å². The van der Waals surface area contributed by atoms with Crippen LogP contribution in [0.2, 0.25) is 0 Å². The van der Waals surface area contributed by atoms with Crippen molar-refractivity contribution in [3.63, 3.8) is 0 Å². The molecule has 0 bridgehead atoms. The van der Waals surface area contributed by atoms with E-state index in [0.717, 1.165) is 24.6 Å². The summed E-state index contributed by atoms with van der Waals surface area (Å²) in [6.45, 7) is 7.04. The van der Waals surface area contributed by atoms with Gasteiger partial charge in [0.25, 0.3) is 0 Å². The van der Waals surface area contributed by atoms with Crippen molar-refractivity contribution in [2.24, 2.45) is 0 Å². The molecule has 0 amide bonds. The van der Waals surface area contributed by atoms with Gasteiger partial charge in [0.05, 0.1) is 11.5 Å². The zero-order chi connectivity index (χ0) is 15.5. The molecule has 0 aliphatic carbocycles. The van der Waals surface area contributed by atoms with Gasteiger partial charge in [0.15, 0.2) is 9.84 Å². The first-order valence-corrected chi connectivity index (χ1v) is 9.31. The number of hydrogen-bond donors (Lipinski definition) is 2. The average Bonchev–Trinajstić information content (AvgIpc) is 2.75. The summed E-state index contributed by atoms with van der Waals surface area (Å²) >= 11 is 0. The van der Waals surface area contributed by atoms with Crippen molar-refractivity contribution in [3.05, 3.63) is 11.9 Å². The van der Waals surface area contributed by atoms with E-state index >= 15 is 0 Å². The van der Waals surface area contributed by atoms with Crippen molar-refractivity contribution in [1.82, 2.24) is 9.97 Å². The summed E-state index contributed by atoms with van der Waals surface area (Å²) in [6.07, 6.45) is 1.66. The second kappa shape index (κ2) is 6.60. The van der Waals surface area contributed by atoms with E-state index in [4.69, 9.17) is 0 Å². The Labute approximate surface area is 126 Å². The molecule has 7 heteroatoms. The lowest BCUT2D eigenvalue weighted by Gasteiger charge is -2.15. The Morgan fingerprint density at radius 2 is 2.05 bits per heavy atom. The number of nitrogens with zero attached hydrogens (tertiary/aromatic N) is 2. The molecule has 21 heavy (non-hydrogen) atoms. The quantitative estimate of drug-likeness (QED) is 0.836. The van der Waals surface area contributed by atoms with Gasteiger partial charge in [-0.1, -0.05) is 20.8 Å². The molecule has 118 valence electrons. The Morgan fingerprint density at radius 1 is 1.33 bits per heavy atom. The SMILES string of the molecule is CCCNc1cc(NC2CCS(=O)(=O)C2)nc(C(C)C)n1. The van der Waals surface area contributed by atoms with Crippen molar-refractivity contribution in [2.75, 3.05) is 28.7 Å². The molecule has 1 aliphatic heterocycles. The predicted octanol–water partition coefficient (Wildman–Crippen LogP) is 2.02. The maximum absolute atomic E-state index is 11.5. The lowest BCUT2D eigenvalue weighted by atomic mass is 10.2. The van der Waals surface area contributed by atoms with Gasteiger partial charge in [-0.25, -0.2) is 18.4 Å². The van der Waals surface area contributed by atoms with Crippen LogP contribution in [0.3, 0.4) is 0 Å². The summed E-state index contributed by atoms with van der Waals surface area (Å²) in [7, 11) is -2.89. The average molecular weight is 312 g/mol. The third-order valence-corrected chi connectivity index (χ3v) is 5.17. The van der Waals surface area contributed by atoms with Crippen molar-refractivity contribution >= 4 is 21.5 Å². The zero-order valence-electron chi connectivity index (χ0n) is 12.9. The van der Waals surface area contributed by atoms with Crippen LogP contribution in [-0.4, -0.2) is 42.5 Å². The summed E-state index contributed by atoms with van der Waals surface area (Å²) < 4.78 is 23.1. The maximum atomic E-state index is 11.5. The molecule has 1 aromatic rings. The third kappa shape index (κ3) is 4.56. The number of aromatic nitrogens is 2. The van der Waals surface area contributed by atoms with Gasteiger partial charge in [-0.3, -0.25) is 0 Å². The summed E-state index contributed by atoms with van der Waals surface area (Å²) in [4.78, 5) is 8.99. The van der Waals surface area contributed by atoms with E-state index in [0.29, 0.717) is 12.2 Å². The Kier molecular flexibility index (Phi) is 5.03. The summed E-state index contributed by atoms with van der Waals surface area (Å²) in [5, 5.41) is 6.50. The summed E-state index contributed by atoms with van der Waals surface area (Å²) in [5.41, 5.74) is 0. The van der Waals surface area contributed by atoms with E-state index in [2.05, 4.69) is 27.5 Å². The van der Waals surface area contributed by atoms with Crippen LogP contribution < -0.4 is 10.6 Å². The molecule has 0 spiro atoms. The first-order valence-electron chi connectivity index (χ1n) is 7.49. The molecular weight excluding hydrogens is 288 g/mol. The van der Waals surface area contributed by atoms with E-state index in [1.807, 2.05) is 19.9 Å². The van der Waals surface area contributed by atoms with Gasteiger partial charge in [-0.05, 0) is 12.8 Å². The molecule has 2 N–H and O–H groups in total. The van der Waals surface area contributed by atoms with E-state index in [9.17, 15) is 8.42 Å². The Balaban J connectivity index is 2.15. The largest absolute Gasteiger partial charge is 0.370 e. The van der Waals surface area contributed by atoms with Crippen LogP contribution in [0.1, 0.15) is 45.4 Å². The highest BCUT2D eigenvalue weighted by Crippen LogP contribution is 2.20. The molecule has 6 nitrogen and oxygen atoms in total. The fourth-order valence-corrected chi connectivity index (χ4v) is 3.93. The van der Waals surface area contributed by atoms with Gasteiger partial charge in [0.2, 0.25) is 0 Å². The monoisotopic (exact) mass is 312 g/mol. The lowest BCUT2D eigenvalue weighted by Crippen LogP contribution is -2.22. The molecule has 1 atom stereocenters. The van der Waals surface area contributed by atoms with Crippen molar-refractivity contribution in [2.45, 2.75) is 45.6 Å². The topological polar surface area (TPSA) is 84.0 Å². The second-order valence-electron chi connectivity index (χ2n) is 5.82.